The molecule has 0 saturated carbocycles. The monoisotopic (exact) mass is 327 g/mol. The molecule has 1 aromatic heterocycles. The minimum Gasteiger partial charge on any atom is -0.496 e. The van der Waals surface area contributed by atoms with Crippen molar-refractivity contribution < 1.29 is 9.53 Å². The van der Waals surface area contributed by atoms with Crippen molar-refractivity contribution in [2.75, 3.05) is 20.2 Å². The molecule has 3 rings (SSSR count). The highest BCUT2D eigenvalue weighted by Crippen LogP contribution is 2.29. The van der Waals surface area contributed by atoms with Crippen LogP contribution in [-0.4, -0.2) is 40.8 Å². The van der Waals surface area contributed by atoms with E-state index in [1.807, 2.05) is 39.9 Å². The Hall–Kier alpha value is -2.30. The van der Waals surface area contributed by atoms with Crippen molar-refractivity contribution in [2.45, 2.75) is 39.2 Å². The minimum absolute atomic E-state index is 0.0943. The van der Waals surface area contributed by atoms with E-state index < -0.39 is 0 Å². The van der Waals surface area contributed by atoms with Crippen LogP contribution in [0.1, 0.15) is 43.1 Å². The topological polar surface area (TPSA) is 47.4 Å². The molecule has 2 heterocycles. The largest absolute Gasteiger partial charge is 0.496 e. The third-order valence-electron chi connectivity index (χ3n) is 4.46. The number of nitrogens with zero attached hydrogens (tertiary/aromatic N) is 3. The highest BCUT2D eigenvalue weighted by atomic mass is 16.5. The summed E-state index contributed by atoms with van der Waals surface area (Å²) in [5.74, 6) is 0.868. The van der Waals surface area contributed by atoms with Crippen LogP contribution in [-0.2, 0) is 6.54 Å². The van der Waals surface area contributed by atoms with E-state index >= 15 is 0 Å². The summed E-state index contributed by atoms with van der Waals surface area (Å²) in [6.45, 7) is 4.53. The molecule has 1 saturated heterocycles. The maximum atomic E-state index is 12.9. The fraction of sp³-hybridized carbons (Fsp3) is 0.474. The van der Waals surface area contributed by atoms with E-state index in [1.54, 1.807) is 7.11 Å². The molecule has 1 aliphatic rings. The van der Waals surface area contributed by atoms with Gasteiger partial charge in [-0.25, -0.2) is 0 Å². The minimum atomic E-state index is 0.0943. The van der Waals surface area contributed by atoms with Gasteiger partial charge < -0.3 is 9.64 Å². The van der Waals surface area contributed by atoms with Crippen molar-refractivity contribution in [2.24, 2.45) is 0 Å². The van der Waals surface area contributed by atoms with E-state index in [0.29, 0.717) is 5.69 Å². The molecule has 2 aromatic rings. The molecule has 5 nitrogen and oxygen atoms in total. The van der Waals surface area contributed by atoms with Gasteiger partial charge in [-0.3, -0.25) is 9.48 Å². The number of piperidine rings is 1. The molecule has 128 valence electrons. The Morgan fingerprint density at radius 2 is 1.96 bits per heavy atom. The zero-order valence-corrected chi connectivity index (χ0v) is 14.5. The lowest BCUT2D eigenvalue weighted by atomic mass is 10.1. The number of aromatic nitrogens is 2. The van der Waals surface area contributed by atoms with Gasteiger partial charge in [-0.15, -0.1) is 0 Å². The van der Waals surface area contributed by atoms with Gasteiger partial charge >= 0.3 is 0 Å². The Morgan fingerprint density at radius 3 is 2.67 bits per heavy atom. The molecule has 0 radical (unpaired) electrons. The smallest absolute Gasteiger partial charge is 0.272 e. The molecular formula is C19H25N3O2. The normalized spacial score (nSPS) is 14.7. The standard InChI is InChI=1S/C19H25N3O2/c1-3-11-22-17(19(23)21-12-7-4-8-13-21)14-16(20-22)15-9-5-6-10-18(15)24-2/h5-6,9-10,14H,3-4,7-8,11-13H2,1-2H3. The average Bonchev–Trinajstić information content (AvgIpc) is 3.06. The van der Waals surface area contributed by atoms with Crippen LogP contribution in [0.15, 0.2) is 30.3 Å². The average molecular weight is 327 g/mol. The quantitative estimate of drug-likeness (QED) is 0.843. The molecule has 0 spiro atoms. The Bertz CT molecular complexity index is 702. The number of aryl methyl sites for hydroxylation is 1. The molecule has 0 N–H and O–H groups in total. The van der Waals surface area contributed by atoms with Crippen molar-refractivity contribution in [1.29, 1.82) is 0 Å². The molecule has 1 amide bonds. The van der Waals surface area contributed by atoms with E-state index in [4.69, 9.17) is 4.74 Å². The highest BCUT2D eigenvalue weighted by Gasteiger charge is 2.23. The summed E-state index contributed by atoms with van der Waals surface area (Å²) in [5.41, 5.74) is 2.39. The number of hydrogen-bond acceptors (Lipinski definition) is 3. The second-order valence-electron chi connectivity index (χ2n) is 6.19. The fourth-order valence-corrected chi connectivity index (χ4v) is 3.22. The number of carbonyl (C=O) groups is 1. The maximum Gasteiger partial charge on any atom is 0.272 e. The molecule has 0 aliphatic carbocycles. The first-order chi connectivity index (χ1) is 11.7. The number of ether oxygens (including phenoxy) is 1. The van der Waals surface area contributed by atoms with E-state index in [2.05, 4.69) is 12.0 Å². The molecule has 5 heteroatoms. The number of benzene rings is 1. The number of rotatable bonds is 5. The van der Waals surface area contributed by atoms with Gasteiger partial charge in [-0.05, 0) is 43.9 Å². The first kappa shape index (κ1) is 16.6. The van der Waals surface area contributed by atoms with Gasteiger partial charge in [0.2, 0.25) is 0 Å². The predicted molar refractivity (Wildman–Crippen MR) is 94.3 cm³/mol. The summed E-state index contributed by atoms with van der Waals surface area (Å²) >= 11 is 0. The highest BCUT2D eigenvalue weighted by molar-refractivity contribution is 5.94. The van der Waals surface area contributed by atoms with Crippen molar-refractivity contribution in [1.82, 2.24) is 14.7 Å². The van der Waals surface area contributed by atoms with Crippen LogP contribution in [0.5, 0.6) is 5.75 Å². The second kappa shape index (κ2) is 7.51. The van der Waals surface area contributed by atoms with Gasteiger partial charge in [0.05, 0.1) is 12.8 Å². The molecular weight excluding hydrogens is 302 g/mol. The van der Waals surface area contributed by atoms with E-state index in [-0.39, 0.29) is 5.91 Å². The SMILES string of the molecule is CCCn1nc(-c2ccccc2OC)cc1C(=O)N1CCCCC1. The Labute approximate surface area is 143 Å². The van der Waals surface area contributed by atoms with E-state index in [9.17, 15) is 4.79 Å². The van der Waals surface area contributed by atoms with Crippen LogP contribution >= 0.6 is 0 Å². The third kappa shape index (κ3) is 3.30. The second-order valence-corrected chi connectivity index (χ2v) is 6.19. The zero-order chi connectivity index (χ0) is 16.9. The Morgan fingerprint density at radius 1 is 1.21 bits per heavy atom. The van der Waals surface area contributed by atoms with Gasteiger partial charge in [0.25, 0.3) is 5.91 Å². The maximum absolute atomic E-state index is 12.9. The van der Waals surface area contributed by atoms with Crippen LogP contribution in [0, 0.1) is 0 Å². The van der Waals surface area contributed by atoms with Gasteiger partial charge in [-0.2, -0.15) is 5.10 Å². The van der Waals surface area contributed by atoms with Gasteiger partial charge in [0.1, 0.15) is 11.4 Å². The van der Waals surface area contributed by atoms with E-state index in [0.717, 1.165) is 55.9 Å². The lowest BCUT2D eigenvalue weighted by molar-refractivity contribution is 0.0711. The number of methoxy groups -OCH3 is 1. The van der Waals surface area contributed by atoms with Gasteiger partial charge in [0.15, 0.2) is 0 Å². The lowest BCUT2D eigenvalue weighted by Gasteiger charge is -2.26. The molecule has 0 atom stereocenters. The fourth-order valence-electron chi connectivity index (χ4n) is 3.22. The predicted octanol–water partition coefficient (Wildman–Crippen LogP) is 3.59. The van der Waals surface area contributed by atoms with Crippen LogP contribution in [0.4, 0.5) is 0 Å². The van der Waals surface area contributed by atoms with Gasteiger partial charge in [0, 0.05) is 25.2 Å². The lowest BCUT2D eigenvalue weighted by Crippen LogP contribution is -2.36. The molecule has 0 bridgehead atoms. The first-order valence-corrected chi connectivity index (χ1v) is 8.75. The Balaban J connectivity index is 1.97. The summed E-state index contributed by atoms with van der Waals surface area (Å²) in [6.07, 6.45) is 4.33. The summed E-state index contributed by atoms with van der Waals surface area (Å²) in [5, 5.41) is 4.68. The van der Waals surface area contributed by atoms with E-state index in [1.165, 1.54) is 6.42 Å². The summed E-state index contributed by atoms with van der Waals surface area (Å²) in [4.78, 5) is 14.9. The summed E-state index contributed by atoms with van der Waals surface area (Å²) in [6, 6.07) is 9.70. The summed E-state index contributed by atoms with van der Waals surface area (Å²) < 4.78 is 7.29. The van der Waals surface area contributed by atoms with Crippen molar-refractivity contribution in [3.8, 4) is 17.0 Å². The molecule has 1 fully saturated rings. The molecule has 0 unspecified atom stereocenters. The molecule has 24 heavy (non-hydrogen) atoms. The number of amides is 1. The molecule has 1 aromatic carbocycles. The van der Waals surface area contributed by atoms with Crippen LogP contribution in [0.25, 0.3) is 11.3 Å². The summed E-state index contributed by atoms with van der Waals surface area (Å²) in [7, 11) is 1.65. The first-order valence-electron chi connectivity index (χ1n) is 8.75. The van der Waals surface area contributed by atoms with Crippen LogP contribution in [0.2, 0.25) is 0 Å². The zero-order valence-electron chi connectivity index (χ0n) is 14.5. The van der Waals surface area contributed by atoms with Crippen molar-refractivity contribution >= 4 is 5.91 Å². The number of hydrogen-bond donors (Lipinski definition) is 0. The number of likely N-dealkylation sites (tertiary alicyclic amines) is 1. The number of carbonyl (C=O) groups excluding carboxylic acids is 1. The molecule has 1 aliphatic heterocycles. The van der Waals surface area contributed by atoms with Crippen molar-refractivity contribution in [3.05, 3.63) is 36.0 Å². The Kier molecular flexibility index (Phi) is 5.18. The van der Waals surface area contributed by atoms with Crippen LogP contribution < -0.4 is 4.74 Å². The number of para-hydroxylation sites is 1. The van der Waals surface area contributed by atoms with Crippen LogP contribution in [0.3, 0.4) is 0 Å². The van der Waals surface area contributed by atoms with Gasteiger partial charge in [-0.1, -0.05) is 19.1 Å². The van der Waals surface area contributed by atoms with Crippen molar-refractivity contribution in [3.63, 3.8) is 0 Å². The third-order valence-corrected chi connectivity index (χ3v) is 4.46.